The van der Waals surface area contributed by atoms with E-state index in [4.69, 9.17) is 36.8 Å². The number of aromatic amines is 1. The molecule has 208 valence electrons. The lowest BCUT2D eigenvalue weighted by Crippen LogP contribution is -2.41. The average molecular weight is 574 g/mol. The SMILES string of the molecule is C#C[C@H](O)C(COP(=S)(NC(C)C(=O)OC(C)C)Oc1ccc(F)cc1)OC(CO)n1ccc(=O)[nH]c1=O. The number of H-pyrrole nitrogens is 1. The zero-order valence-electron chi connectivity index (χ0n) is 20.8. The summed E-state index contributed by atoms with van der Waals surface area (Å²) in [5.74, 6) is 1.02. The van der Waals surface area contributed by atoms with Crippen LogP contribution >= 0.6 is 6.64 Å². The van der Waals surface area contributed by atoms with Crippen LogP contribution in [0.3, 0.4) is 0 Å². The highest BCUT2D eigenvalue weighted by molar-refractivity contribution is 8.09. The Morgan fingerprint density at radius 1 is 1.26 bits per heavy atom. The Labute approximate surface area is 222 Å². The maximum absolute atomic E-state index is 13.4. The van der Waals surface area contributed by atoms with Crippen LogP contribution < -0.4 is 20.9 Å². The summed E-state index contributed by atoms with van der Waals surface area (Å²) in [4.78, 5) is 37.9. The summed E-state index contributed by atoms with van der Waals surface area (Å²) in [6, 6.07) is 4.90. The van der Waals surface area contributed by atoms with Gasteiger partial charge >= 0.3 is 18.3 Å². The fourth-order valence-electron chi connectivity index (χ4n) is 2.88. The van der Waals surface area contributed by atoms with E-state index < -0.39 is 73.5 Å². The number of ether oxygens (including phenoxy) is 2. The van der Waals surface area contributed by atoms with E-state index in [0.29, 0.717) is 0 Å². The van der Waals surface area contributed by atoms with Crippen LogP contribution in [0.15, 0.2) is 46.1 Å². The number of carbonyl (C=O) groups is 1. The Balaban J connectivity index is 2.30. The van der Waals surface area contributed by atoms with E-state index in [9.17, 15) is 29.0 Å². The van der Waals surface area contributed by atoms with Crippen LogP contribution in [0, 0.1) is 18.2 Å². The molecule has 0 saturated heterocycles. The minimum absolute atomic E-state index is 0.120. The molecule has 0 fully saturated rings. The summed E-state index contributed by atoms with van der Waals surface area (Å²) < 4.78 is 36.6. The molecular weight excluding hydrogens is 544 g/mol. The summed E-state index contributed by atoms with van der Waals surface area (Å²) in [5.41, 5.74) is -1.54. The van der Waals surface area contributed by atoms with E-state index >= 15 is 0 Å². The van der Waals surface area contributed by atoms with Crippen LogP contribution in [-0.4, -0.2) is 63.3 Å². The molecule has 0 bridgehead atoms. The largest absolute Gasteiger partial charge is 0.462 e. The number of terminal acetylenes is 1. The number of benzene rings is 1. The van der Waals surface area contributed by atoms with Crippen LogP contribution in [0.5, 0.6) is 5.75 Å². The molecule has 0 saturated carbocycles. The number of aliphatic hydroxyl groups excluding tert-OH is 2. The Morgan fingerprint density at radius 2 is 1.92 bits per heavy atom. The molecule has 12 nitrogen and oxygen atoms in total. The molecule has 0 aliphatic carbocycles. The molecule has 4 unspecified atom stereocenters. The van der Waals surface area contributed by atoms with Crippen LogP contribution in [0.1, 0.15) is 27.0 Å². The van der Waals surface area contributed by atoms with Gasteiger partial charge in [0.2, 0.25) is 0 Å². The van der Waals surface area contributed by atoms with Gasteiger partial charge in [0.05, 0.1) is 19.3 Å². The molecule has 38 heavy (non-hydrogen) atoms. The van der Waals surface area contributed by atoms with E-state index in [-0.39, 0.29) is 5.75 Å². The highest BCUT2D eigenvalue weighted by atomic mass is 32.5. The van der Waals surface area contributed by atoms with Gasteiger partial charge in [-0.05, 0) is 56.8 Å². The molecular formula is C23H29FN3O9PS. The van der Waals surface area contributed by atoms with Gasteiger partial charge in [-0.3, -0.25) is 19.1 Å². The number of aromatic nitrogens is 2. The van der Waals surface area contributed by atoms with Crippen molar-refractivity contribution in [3.05, 3.63) is 63.2 Å². The second-order valence-electron chi connectivity index (χ2n) is 8.12. The molecule has 0 radical (unpaired) electrons. The summed E-state index contributed by atoms with van der Waals surface area (Å²) in [6.07, 6.45) is 1.70. The maximum atomic E-state index is 13.4. The lowest BCUT2D eigenvalue weighted by atomic mass is 10.2. The fourth-order valence-corrected chi connectivity index (χ4v) is 5.30. The first-order valence-corrected chi connectivity index (χ1v) is 13.9. The first-order chi connectivity index (χ1) is 17.9. The number of hydrogen-bond donors (Lipinski definition) is 4. The second kappa shape index (κ2) is 14.3. The number of nitrogens with zero attached hydrogens (tertiary/aromatic N) is 1. The monoisotopic (exact) mass is 573 g/mol. The molecule has 0 aliphatic rings. The zero-order chi connectivity index (χ0) is 28.5. The van der Waals surface area contributed by atoms with Gasteiger partial charge in [-0.1, -0.05) is 5.92 Å². The predicted octanol–water partition coefficient (Wildman–Crippen LogP) is 0.796. The van der Waals surface area contributed by atoms with Crippen molar-refractivity contribution < 1.29 is 37.9 Å². The van der Waals surface area contributed by atoms with Crippen molar-refractivity contribution in [1.82, 2.24) is 14.6 Å². The highest BCUT2D eigenvalue weighted by Gasteiger charge is 2.32. The van der Waals surface area contributed by atoms with Crippen molar-refractivity contribution in [3.8, 4) is 18.1 Å². The first kappa shape index (κ1) is 31.3. The molecule has 2 aromatic rings. The molecule has 15 heteroatoms. The fraction of sp³-hybridized carbons (Fsp3) is 0.435. The summed E-state index contributed by atoms with van der Waals surface area (Å²) in [5, 5.41) is 22.9. The minimum atomic E-state index is -3.63. The van der Waals surface area contributed by atoms with Crippen molar-refractivity contribution in [2.75, 3.05) is 13.2 Å². The van der Waals surface area contributed by atoms with Crippen molar-refractivity contribution in [2.45, 2.75) is 51.4 Å². The van der Waals surface area contributed by atoms with Crippen LogP contribution in [0.25, 0.3) is 0 Å². The Bertz CT molecular complexity index is 1280. The molecule has 2 rings (SSSR count). The molecule has 0 spiro atoms. The zero-order valence-corrected chi connectivity index (χ0v) is 22.5. The van der Waals surface area contributed by atoms with Gasteiger partial charge in [-0.25, -0.2) is 14.3 Å². The number of esters is 1. The quantitative estimate of drug-likeness (QED) is 0.144. The third-order valence-corrected chi connectivity index (χ3v) is 7.18. The van der Waals surface area contributed by atoms with Crippen molar-refractivity contribution in [3.63, 3.8) is 0 Å². The topological polar surface area (TPSA) is 161 Å². The van der Waals surface area contributed by atoms with Gasteiger partial charge in [0, 0.05) is 12.3 Å². The third kappa shape index (κ3) is 9.45. The van der Waals surface area contributed by atoms with Gasteiger partial charge in [0.25, 0.3) is 5.56 Å². The second-order valence-corrected chi connectivity index (χ2v) is 11.3. The van der Waals surface area contributed by atoms with Crippen LogP contribution in [0.2, 0.25) is 0 Å². The van der Waals surface area contributed by atoms with E-state index in [1.807, 2.05) is 4.98 Å². The summed E-state index contributed by atoms with van der Waals surface area (Å²) in [6.45, 7) is -0.0974. The van der Waals surface area contributed by atoms with Gasteiger partial charge < -0.3 is 28.7 Å². The minimum Gasteiger partial charge on any atom is -0.462 e. The molecule has 1 aromatic carbocycles. The molecule has 4 N–H and O–H groups in total. The maximum Gasteiger partial charge on any atom is 0.330 e. The Hall–Kier alpha value is -2.89. The number of halogens is 1. The van der Waals surface area contributed by atoms with E-state index in [0.717, 1.165) is 29.0 Å². The number of rotatable bonds is 14. The van der Waals surface area contributed by atoms with Gasteiger partial charge in [0.15, 0.2) is 6.23 Å². The Kier molecular flexibility index (Phi) is 11.8. The number of aliphatic hydroxyl groups is 2. The van der Waals surface area contributed by atoms with Crippen LogP contribution in [-0.2, 0) is 30.6 Å². The molecule has 5 atom stereocenters. The average Bonchev–Trinajstić information content (AvgIpc) is 2.85. The van der Waals surface area contributed by atoms with Gasteiger partial charge in [0.1, 0.15) is 29.8 Å². The molecule has 0 aliphatic heterocycles. The third-order valence-electron chi connectivity index (χ3n) is 4.68. The summed E-state index contributed by atoms with van der Waals surface area (Å²) >= 11 is 5.56. The van der Waals surface area contributed by atoms with E-state index in [1.54, 1.807) is 13.8 Å². The molecule has 1 aromatic heterocycles. The number of hydrogen-bond acceptors (Lipinski definition) is 10. The number of nitrogens with one attached hydrogen (secondary N) is 2. The first-order valence-electron chi connectivity index (χ1n) is 11.3. The van der Waals surface area contributed by atoms with E-state index in [2.05, 4.69) is 11.0 Å². The van der Waals surface area contributed by atoms with Crippen LogP contribution in [0.4, 0.5) is 4.39 Å². The van der Waals surface area contributed by atoms with Crippen molar-refractivity contribution >= 4 is 24.4 Å². The summed E-state index contributed by atoms with van der Waals surface area (Å²) in [7, 11) is 0. The predicted molar refractivity (Wildman–Crippen MR) is 138 cm³/mol. The van der Waals surface area contributed by atoms with Gasteiger partial charge in [-0.2, -0.15) is 0 Å². The van der Waals surface area contributed by atoms with Crippen molar-refractivity contribution in [1.29, 1.82) is 0 Å². The smallest absolute Gasteiger partial charge is 0.330 e. The van der Waals surface area contributed by atoms with Gasteiger partial charge in [-0.15, -0.1) is 6.42 Å². The number of carbonyl (C=O) groups excluding carboxylic acids is 1. The molecule has 0 amide bonds. The highest BCUT2D eigenvalue weighted by Crippen LogP contribution is 2.45. The lowest BCUT2D eigenvalue weighted by molar-refractivity contribution is -0.149. The van der Waals surface area contributed by atoms with Crippen molar-refractivity contribution in [2.24, 2.45) is 0 Å². The molecule has 1 heterocycles. The lowest BCUT2D eigenvalue weighted by Gasteiger charge is -2.30. The van der Waals surface area contributed by atoms with E-state index in [1.165, 1.54) is 19.1 Å². The normalized spacial score (nSPS) is 16.1. The Morgan fingerprint density at radius 3 is 2.47 bits per heavy atom. The standard InChI is InChI=1S/C23H29FN3O9PS/c1-5-18(29)19(35-21(12-28)27-11-10-20(30)25-23(27)32)13-33-37(38,26-15(4)22(31)34-14(2)3)36-17-8-6-16(24)7-9-17/h1,6-11,14-15,18-19,21,28-29H,12-13H2,2-4H3,(H,26,38)(H,25,30,32)/t15?,18-,19?,21?,37?/m0/s1.